The van der Waals surface area contributed by atoms with Gasteiger partial charge < -0.3 is 9.88 Å². The second-order valence-corrected chi connectivity index (χ2v) is 5.45. The van der Waals surface area contributed by atoms with Crippen molar-refractivity contribution in [3.63, 3.8) is 0 Å². The molecule has 0 aromatic carbocycles. The predicted molar refractivity (Wildman–Crippen MR) is 66.6 cm³/mol. The maximum Gasteiger partial charge on any atom is 0.147 e. The quantitative estimate of drug-likeness (QED) is 0.870. The summed E-state index contributed by atoms with van der Waals surface area (Å²) in [6, 6.07) is 1.37. The van der Waals surface area contributed by atoms with Gasteiger partial charge in [-0.2, -0.15) is 0 Å². The summed E-state index contributed by atoms with van der Waals surface area (Å²) in [7, 11) is 0. The Morgan fingerprint density at radius 1 is 1.12 bits per heavy atom. The van der Waals surface area contributed by atoms with Crippen LogP contribution in [0, 0.1) is 0 Å². The van der Waals surface area contributed by atoms with E-state index >= 15 is 0 Å². The molecule has 0 unspecified atom stereocenters. The van der Waals surface area contributed by atoms with E-state index < -0.39 is 0 Å². The first-order chi connectivity index (χ1) is 8.43. The number of hydrogen-bond acceptors (Lipinski definition) is 3. The second kappa shape index (κ2) is 5.17. The normalized spacial score (nSPS) is 22.6. The first-order valence-electron chi connectivity index (χ1n) is 7.05. The van der Waals surface area contributed by atoms with Gasteiger partial charge in [0.05, 0.1) is 6.54 Å². The van der Waals surface area contributed by atoms with Crippen molar-refractivity contribution in [3.8, 4) is 0 Å². The highest BCUT2D eigenvalue weighted by atomic mass is 15.3. The van der Waals surface area contributed by atoms with Gasteiger partial charge in [-0.25, -0.2) is 0 Å². The van der Waals surface area contributed by atoms with Gasteiger partial charge in [0.1, 0.15) is 12.2 Å². The lowest BCUT2D eigenvalue weighted by Crippen LogP contribution is -2.27. The van der Waals surface area contributed by atoms with Crippen LogP contribution < -0.4 is 5.32 Å². The van der Waals surface area contributed by atoms with Gasteiger partial charge in [-0.1, -0.05) is 25.7 Å². The summed E-state index contributed by atoms with van der Waals surface area (Å²) < 4.78 is 2.30. The third-order valence-electron chi connectivity index (χ3n) is 4.27. The number of hydrogen-bond donors (Lipinski definition) is 1. The number of aromatic nitrogens is 3. The summed E-state index contributed by atoms with van der Waals surface area (Å²) >= 11 is 0. The van der Waals surface area contributed by atoms with Crippen molar-refractivity contribution in [2.45, 2.75) is 70.0 Å². The van der Waals surface area contributed by atoms with E-state index in [1.54, 1.807) is 0 Å². The standard InChI is InChI=1S/C13H22N4/c1-2-6-11(5-1)14-9-13-16-15-10-17(13)12-7-3-4-8-12/h10-12,14H,1-9H2. The maximum atomic E-state index is 4.27. The van der Waals surface area contributed by atoms with Gasteiger partial charge in [0.25, 0.3) is 0 Å². The molecule has 0 spiro atoms. The third kappa shape index (κ3) is 2.51. The van der Waals surface area contributed by atoms with E-state index in [9.17, 15) is 0 Å². The molecule has 4 nitrogen and oxygen atoms in total. The number of nitrogens with zero attached hydrogens (tertiary/aromatic N) is 3. The minimum atomic E-state index is 0.658. The molecule has 0 aliphatic heterocycles. The topological polar surface area (TPSA) is 42.7 Å². The maximum absolute atomic E-state index is 4.27. The molecule has 1 heterocycles. The van der Waals surface area contributed by atoms with Crippen LogP contribution >= 0.6 is 0 Å². The van der Waals surface area contributed by atoms with Crippen LogP contribution in [0.1, 0.15) is 63.2 Å². The zero-order valence-corrected chi connectivity index (χ0v) is 10.4. The van der Waals surface area contributed by atoms with Crippen molar-refractivity contribution < 1.29 is 0 Å². The van der Waals surface area contributed by atoms with Crippen LogP contribution in [0.2, 0.25) is 0 Å². The van der Waals surface area contributed by atoms with Crippen molar-refractivity contribution in [1.82, 2.24) is 20.1 Å². The van der Waals surface area contributed by atoms with Gasteiger partial charge >= 0.3 is 0 Å². The molecule has 0 radical (unpaired) electrons. The predicted octanol–water partition coefficient (Wildman–Crippen LogP) is 2.43. The molecule has 1 aromatic heterocycles. The average Bonchev–Trinajstić information content (AvgIpc) is 3.09. The fourth-order valence-corrected chi connectivity index (χ4v) is 3.25. The van der Waals surface area contributed by atoms with E-state index in [4.69, 9.17) is 0 Å². The summed E-state index contributed by atoms with van der Waals surface area (Å²) in [6.45, 7) is 0.890. The summed E-state index contributed by atoms with van der Waals surface area (Å²) in [4.78, 5) is 0. The van der Waals surface area contributed by atoms with Crippen molar-refractivity contribution in [3.05, 3.63) is 12.2 Å². The Kier molecular flexibility index (Phi) is 3.41. The Bertz CT molecular complexity index is 348. The Hall–Kier alpha value is -0.900. The molecule has 2 aliphatic rings. The molecule has 1 N–H and O–H groups in total. The molecule has 4 heteroatoms. The summed E-state index contributed by atoms with van der Waals surface area (Å²) in [5, 5.41) is 12.0. The van der Waals surface area contributed by atoms with Crippen LogP contribution in [0.3, 0.4) is 0 Å². The minimum Gasteiger partial charge on any atom is -0.313 e. The lowest BCUT2D eigenvalue weighted by molar-refractivity contribution is 0.459. The first kappa shape index (κ1) is 11.2. The fourth-order valence-electron chi connectivity index (χ4n) is 3.25. The molecule has 0 amide bonds. The van der Waals surface area contributed by atoms with Crippen molar-refractivity contribution >= 4 is 0 Å². The van der Waals surface area contributed by atoms with Crippen LogP contribution in [0.25, 0.3) is 0 Å². The highest BCUT2D eigenvalue weighted by Gasteiger charge is 2.20. The zero-order chi connectivity index (χ0) is 11.5. The largest absolute Gasteiger partial charge is 0.313 e. The molecule has 0 bridgehead atoms. The van der Waals surface area contributed by atoms with E-state index in [1.807, 2.05) is 6.33 Å². The molecule has 3 rings (SSSR count). The molecule has 0 saturated heterocycles. The molecule has 94 valence electrons. The number of nitrogens with one attached hydrogen (secondary N) is 1. The van der Waals surface area contributed by atoms with Crippen molar-refractivity contribution in [2.24, 2.45) is 0 Å². The number of rotatable bonds is 4. The van der Waals surface area contributed by atoms with Crippen LogP contribution in [0.5, 0.6) is 0 Å². The summed E-state index contributed by atoms with van der Waals surface area (Å²) in [5.74, 6) is 1.13. The fraction of sp³-hybridized carbons (Fsp3) is 0.846. The summed E-state index contributed by atoms with van der Waals surface area (Å²) in [6.07, 6.45) is 12.7. The Morgan fingerprint density at radius 3 is 2.59 bits per heavy atom. The minimum absolute atomic E-state index is 0.658. The van der Waals surface area contributed by atoms with E-state index in [0.717, 1.165) is 12.4 Å². The van der Waals surface area contributed by atoms with Gasteiger partial charge in [0, 0.05) is 12.1 Å². The SMILES string of the molecule is c1nnc(CNC2CCCC2)n1C1CCCC1. The second-order valence-electron chi connectivity index (χ2n) is 5.45. The Morgan fingerprint density at radius 2 is 1.82 bits per heavy atom. The lowest BCUT2D eigenvalue weighted by Gasteiger charge is -2.16. The molecule has 0 atom stereocenters. The first-order valence-corrected chi connectivity index (χ1v) is 7.05. The lowest BCUT2D eigenvalue weighted by atomic mass is 10.2. The van der Waals surface area contributed by atoms with Gasteiger partial charge in [-0.3, -0.25) is 0 Å². The molecule has 2 fully saturated rings. The molecule has 1 aromatic rings. The van der Waals surface area contributed by atoms with Gasteiger partial charge in [-0.05, 0) is 25.7 Å². The van der Waals surface area contributed by atoms with Crippen LogP contribution in [0.4, 0.5) is 0 Å². The van der Waals surface area contributed by atoms with Gasteiger partial charge in [-0.15, -0.1) is 10.2 Å². The van der Waals surface area contributed by atoms with E-state index in [-0.39, 0.29) is 0 Å². The smallest absolute Gasteiger partial charge is 0.147 e. The molecular weight excluding hydrogens is 212 g/mol. The average molecular weight is 234 g/mol. The summed E-state index contributed by atoms with van der Waals surface area (Å²) in [5.41, 5.74) is 0. The molecule has 17 heavy (non-hydrogen) atoms. The van der Waals surface area contributed by atoms with Crippen LogP contribution in [-0.4, -0.2) is 20.8 Å². The molecular formula is C13H22N4. The van der Waals surface area contributed by atoms with Crippen LogP contribution in [-0.2, 0) is 6.54 Å². The Labute approximate surface area is 103 Å². The van der Waals surface area contributed by atoms with Crippen molar-refractivity contribution in [1.29, 1.82) is 0 Å². The van der Waals surface area contributed by atoms with Crippen molar-refractivity contribution in [2.75, 3.05) is 0 Å². The highest BCUT2D eigenvalue weighted by molar-refractivity contribution is 4.92. The van der Waals surface area contributed by atoms with Gasteiger partial charge in [0.2, 0.25) is 0 Å². The zero-order valence-electron chi connectivity index (χ0n) is 10.4. The third-order valence-corrected chi connectivity index (χ3v) is 4.27. The monoisotopic (exact) mass is 234 g/mol. The van der Waals surface area contributed by atoms with E-state index in [1.165, 1.54) is 51.4 Å². The van der Waals surface area contributed by atoms with Crippen LogP contribution in [0.15, 0.2) is 6.33 Å². The van der Waals surface area contributed by atoms with Gasteiger partial charge in [0.15, 0.2) is 0 Å². The highest BCUT2D eigenvalue weighted by Crippen LogP contribution is 2.29. The van der Waals surface area contributed by atoms with E-state index in [2.05, 4.69) is 20.1 Å². The van der Waals surface area contributed by atoms with E-state index in [0.29, 0.717) is 12.1 Å². The molecule has 2 saturated carbocycles. The molecule has 2 aliphatic carbocycles. The Balaban J connectivity index is 1.60.